The number of nitrogens with one attached hydrogen (secondary N) is 1. The molecule has 1 aliphatic rings. The van der Waals surface area contributed by atoms with Crippen LogP contribution in [0.2, 0.25) is 0 Å². The number of fused-ring (bicyclic) bond motifs is 1. The molecule has 0 aliphatic carbocycles. The second kappa shape index (κ2) is 7.72. The van der Waals surface area contributed by atoms with Gasteiger partial charge < -0.3 is 10.1 Å². The standard InChI is InChI=1S/C17H20N2O5/c1-3-18-15(21)11(2)24-14(20)9-6-10-19-16(22)12-7-4-5-8-13(12)17(19)23/h4-5,7-8,11H,3,6,9-10H2,1-2H3,(H,18,21)/t11-/m0/s1. The lowest BCUT2D eigenvalue weighted by molar-refractivity contribution is -0.154. The molecular formula is C17H20N2O5. The van der Waals surface area contributed by atoms with Crippen LogP contribution in [0.5, 0.6) is 0 Å². The lowest BCUT2D eigenvalue weighted by Crippen LogP contribution is -2.36. The van der Waals surface area contributed by atoms with Crippen molar-refractivity contribution < 1.29 is 23.9 Å². The third kappa shape index (κ3) is 3.79. The average molecular weight is 332 g/mol. The molecule has 1 atom stereocenters. The normalized spacial score (nSPS) is 14.3. The van der Waals surface area contributed by atoms with Gasteiger partial charge in [0, 0.05) is 19.5 Å². The maximum Gasteiger partial charge on any atom is 0.306 e. The van der Waals surface area contributed by atoms with Crippen LogP contribution in [0, 0.1) is 0 Å². The third-order valence-corrected chi connectivity index (χ3v) is 3.67. The zero-order chi connectivity index (χ0) is 17.7. The Morgan fingerprint density at radius 3 is 2.29 bits per heavy atom. The molecule has 0 aromatic heterocycles. The van der Waals surface area contributed by atoms with Crippen LogP contribution < -0.4 is 5.32 Å². The summed E-state index contributed by atoms with van der Waals surface area (Å²) in [4.78, 5) is 48.7. The molecule has 0 saturated heterocycles. The summed E-state index contributed by atoms with van der Waals surface area (Å²) >= 11 is 0. The summed E-state index contributed by atoms with van der Waals surface area (Å²) in [5, 5.41) is 2.56. The monoisotopic (exact) mass is 332 g/mol. The zero-order valence-corrected chi connectivity index (χ0v) is 13.7. The molecule has 1 aliphatic heterocycles. The molecule has 0 bridgehead atoms. The van der Waals surface area contributed by atoms with Crippen molar-refractivity contribution in [3.63, 3.8) is 0 Å². The molecule has 0 fully saturated rings. The highest BCUT2D eigenvalue weighted by Crippen LogP contribution is 2.22. The minimum Gasteiger partial charge on any atom is -0.453 e. The van der Waals surface area contributed by atoms with Crippen molar-refractivity contribution in [3.8, 4) is 0 Å². The first-order chi connectivity index (χ1) is 11.5. The van der Waals surface area contributed by atoms with E-state index in [-0.39, 0.29) is 37.1 Å². The molecule has 1 aromatic rings. The van der Waals surface area contributed by atoms with Crippen molar-refractivity contribution >= 4 is 23.7 Å². The maximum absolute atomic E-state index is 12.2. The Labute approximate surface area is 140 Å². The van der Waals surface area contributed by atoms with E-state index in [4.69, 9.17) is 4.74 Å². The zero-order valence-electron chi connectivity index (χ0n) is 13.7. The molecule has 0 unspecified atom stereocenters. The van der Waals surface area contributed by atoms with Gasteiger partial charge in [-0.25, -0.2) is 0 Å². The summed E-state index contributed by atoms with van der Waals surface area (Å²) < 4.78 is 5.01. The molecule has 0 saturated carbocycles. The minimum atomic E-state index is -0.864. The Bertz CT molecular complexity index is 636. The molecule has 128 valence electrons. The second-order valence-electron chi connectivity index (χ2n) is 5.44. The first-order valence-corrected chi connectivity index (χ1v) is 7.88. The van der Waals surface area contributed by atoms with E-state index >= 15 is 0 Å². The Hall–Kier alpha value is -2.70. The predicted octanol–water partition coefficient (Wildman–Crippen LogP) is 1.13. The van der Waals surface area contributed by atoms with Crippen molar-refractivity contribution in [1.82, 2.24) is 10.2 Å². The van der Waals surface area contributed by atoms with Gasteiger partial charge in [-0.3, -0.25) is 24.1 Å². The van der Waals surface area contributed by atoms with Gasteiger partial charge in [0.25, 0.3) is 17.7 Å². The predicted molar refractivity (Wildman–Crippen MR) is 85.3 cm³/mol. The molecule has 7 nitrogen and oxygen atoms in total. The quantitative estimate of drug-likeness (QED) is 0.597. The lowest BCUT2D eigenvalue weighted by atomic mass is 10.1. The summed E-state index contributed by atoms with van der Waals surface area (Å²) in [5.41, 5.74) is 0.768. The summed E-state index contributed by atoms with van der Waals surface area (Å²) in [5.74, 6) is -1.59. The average Bonchev–Trinajstić information content (AvgIpc) is 2.80. The lowest BCUT2D eigenvalue weighted by Gasteiger charge is -2.15. The van der Waals surface area contributed by atoms with Crippen LogP contribution >= 0.6 is 0 Å². The van der Waals surface area contributed by atoms with Gasteiger partial charge in [0.15, 0.2) is 6.10 Å². The molecule has 3 amide bonds. The number of rotatable bonds is 7. The van der Waals surface area contributed by atoms with E-state index in [1.54, 1.807) is 31.2 Å². The summed E-state index contributed by atoms with van der Waals surface area (Å²) in [6, 6.07) is 6.62. The van der Waals surface area contributed by atoms with E-state index in [9.17, 15) is 19.2 Å². The number of benzene rings is 1. The largest absolute Gasteiger partial charge is 0.453 e. The number of likely N-dealkylation sites (N-methyl/N-ethyl adjacent to an activating group) is 1. The van der Waals surface area contributed by atoms with Gasteiger partial charge in [-0.2, -0.15) is 0 Å². The van der Waals surface area contributed by atoms with E-state index in [0.717, 1.165) is 4.90 Å². The first kappa shape index (κ1) is 17.7. The van der Waals surface area contributed by atoms with E-state index in [2.05, 4.69) is 5.32 Å². The highest BCUT2D eigenvalue weighted by Gasteiger charge is 2.34. The van der Waals surface area contributed by atoms with Crippen LogP contribution in [0.15, 0.2) is 24.3 Å². The van der Waals surface area contributed by atoms with Gasteiger partial charge in [0.05, 0.1) is 11.1 Å². The number of hydrogen-bond donors (Lipinski definition) is 1. The topological polar surface area (TPSA) is 92.8 Å². The Morgan fingerprint density at radius 1 is 1.17 bits per heavy atom. The number of hydrogen-bond acceptors (Lipinski definition) is 5. The van der Waals surface area contributed by atoms with Crippen molar-refractivity contribution in [2.75, 3.05) is 13.1 Å². The van der Waals surface area contributed by atoms with Crippen LogP contribution in [0.1, 0.15) is 47.4 Å². The van der Waals surface area contributed by atoms with E-state index in [1.807, 2.05) is 0 Å². The fourth-order valence-corrected chi connectivity index (χ4v) is 2.45. The molecule has 1 heterocycles. The summed E-state index contributed by atoms with van der Waals surface area (Å²) in [6.07, 6.45) is -0.555. The van der Waals surface area contributed by atoms with Gasteiger partial charge in [0.2, 0.25) is 0 Å². The Balaban J connectivity index is 1.81. The molecule has 24 heavy (non-hydrogen) atoms. The number of amides is 3. The maximum atomic E-state index is 12.2. The molecule has 2 rings (SSSR count). The van der Waals surface area contributed by atoms with Gasteiger partial charge in [0.1, 0.15) is 0 Å². The smallest absolute Gasteiger partial charge is 0.306 e. The number of esters is 1. The molecule has 1 aromatic carbocycles. The fraction of sp³-hybridized carbons (Fsp3) is 0.412. The van der Waals surface area contributed by atoms with Gasteiger partial charge in [-0.15, -0.1) is 0 Å². The second-order valence-corrected chi connectivity index (χ2v) is 5.44. The van der Waals surface area contributed by atoms with E-state index < -0.39 is 12.1 Å². The van der Waals surface area contributed by atoms with Crippen LogP contribution in [0.25, 0.3) is 0 Å². The SMILES string of the molecule is CCNC(=O)[C@H](C)OC(=O)CCCN1C(=O)c2ccccc2C1=O. The highest BCUT2D eigenvalue weighted by atomic mass is 16.5. The number of carbonyl (C=O) groups excluding carboxylic acids is 4. The van der Waals surface area contributed by atoms with Crippen LogP contribution in [0.4, 0.5) is 0 Å². The fourth-order valence-electron chi connectivity index (χ4n) is 2.45. The highest BCUT2D eigenvalue weighted by molar-refractivity contribution is 6.21. The number of ether oxygens (including phenoxy) is 1. The van der Waals surface area contributed by atoms with Crippen LogP contribution in [-0.2, 0) is 14.3 Å². The Morgan fingerprint density at radius 2 is 1.75 bits per heavy atom. The molecular weight excluding hydrogens is 312 g/mol. The number of nitrogens with zero attached hydrogens (tertiary/aromatic N) is 1. The number of carbonyl (C=O) groups is 4. The van der Waals surface area contributed by atoms with Gasteiger partial charge in [-0.1, -0.05) is 12.1 Å². The van der Waals surface area contributed by atoms with Crippen LogP contribution in [-0.4, -0.2) is 47.8 Å². The van der Waals surface area contributed by atoms with Crippen LogP contribution in [0.3, 0.4) is 0 Å². The molecule has 1 N–H and O–H groups in total. The summed E-state index contributed by atoms with van der Waals surface area (Å²) in [6.45, 7) is 3.86. The Kier molecular flexibility index (Phi) is 5.68. The van der Waals surface area contributed by atoms with Crippen molar-refractivity contribution in [1.29, 1.82) is 0 Å². The van der Waals surface area contributed by atoms with Crippen molar-refractivity contribution in [2.45, 2.75) is 32.8 Å². The van der Waals surface area contributed by atoms with Gasteiger partial charge >= 0.3 is 5.97 Å². The van der Waals surface area contributed by atoms with Gasteiger partial charge in [-0.05, 0) is 32.4 Å². The number of imide groups is 1. The molecule has 0 spiro atoms. The van der Waals surface area contributed by atoms with Crippen molar-refractivity contribution in [3.05, 3.63) is 35.4 Å². The summed E-state index contributed by atoms with van der Waals surface area (Å²) in [7, 11) is 0. The van der Waals surface area contributed by atoms with Crippen molar-refractivity contribution in [2.24, 2.45) is 0 Å². The third-order valence-electron chi connectivity index (χ3n) is 3.67. The first-order valence-electron chi connectivity index (χ1n) is 7.88. The van der Waals surface area contributed by atoms with E-state index in [1.165, 1.54) is 6.92 Å². The molecule has 0 radical (unpaired) electrons. The van der Waals surface area contributed by atoms with E-state index in [0.29, 0.717) is 17.7 Å². The minimum absolute atomic E-state index is 0.0250. The molecule has 7 heteroatoms.